The minimum atomic E-state index is -3.60. The van der Waals surface area contributed by atoms with Gasteiger partial charge in [0, 0.05) is 18.3 Å². The minimum Gasteiger partial charge on any atom is -0.492 e. The van der Waals surface area contributed by atoms with E-state index in [4.69, 9.17) is 10.5 Å². The Labute approximate surface area is 115 Å². The average molecular weight is 286 g/mol. The number of sulfonamides is 1. The molecule has 0 radical (unpaired) electrons. The largest absolute Gasteiger partial charge is 0.492 e. The number of nitrogens with two attached hydrogens (primary N) is 1. The molecule has 2 N–H and O–H groups in total. The van der Waals surface area contributed by atoms with Gasteiger partial charge in [-0.1, -0.05) is 6.92 Å². The molecule has 1 aromatic rings. The van der Waals surface area contributed by atoms with Gasteiger partial charge in [0.1, 0.15) is 10.6 Å². The van der Waals surface area contributed by atoms with Gasteiger partial charge < -0.3 is 10.5 Å². The van der Waals surface area contributed by atoms with Crippen LogP contribution in [0.4, 0.5) is 5.69 Å². The number of anilines is 1. The molecule has 0 aromatic heterocycles. The molecular formula is C13H22N2O3S. The van der Waals surface area contributed by atoms with Crippen molar-refractivity contribution in [1.29, 1.82) is 0 Å². The molecule has 0 aliphatic carbocycles. The summed E-state index contributed by atoms with van der Waals surface area (Å²) in [5, 5.41) is 0. The quantitative estimate of drug-likeness (QED) is 0.813. The van der Waals surface area contributed by atoms with E-state index < -0.39 is 10.0 Å². The zero-order chi connectivity index (χ0) is 14.6. The third kappa shape index (κ3) is 3.39. The molecule has 6 heteroatoms. The van der Waals surface area contributed by atoms with Crippen LogP contribution in [-0.4, -0.2) is 31.9 Å². The van der Waals surface area contributed by atoms with Crippen molar-refractivity contribution in [2.45, 2.75) is 38.6 Å². The molecule has 5 nitrogen and oxygen atoms in total. The molecule has 0 amide bonds. The number of ether oxygens (including phenoxy) is 1. The lowest BCUT2D eigenvalue weighted by atomic mass is 10.3. The molecule has 1 aromatic carbocycles. The Morgan fingerprint density at radius 2 is 1.95 bits per heavy atom. The molecule has 0 aliphatic heterocycles. The number of hydrogen-bond acceptors (Lipinski definition) is 4. The molecule has 0 saturated heterocycles. The molecule has 1 rings (SSSR count). The first-order chi connectivity index (χ1) is 8.84. The summed E-state index contributed by atoms with van der Waals surface area (Å²) in [6.07, 6.45) is 0. The molecule has 0 heterocycles. The van der Waals surface area contributed by atoms with Crippen LogP contribution >= 0.6 is 0 Å². The van der Waals surface area contributed by atoms with Crippen LogP contribution in [-0.2, 0) is 10.0 Å². The molecule has 108 valence electrons. The fourth-order valence-corrected chi connectivity index (χ4v) is 3.75. The number of hydrogen-bond donors (Lipinski definition) is 1. The molecule has 0 atom stereocenters. The predicted molar refractivity (Wildman–Crippen MR) is 76.7 cm³/mol. The highest BCUT2D eigenvalue weighted by Crippen LogP contribution is 2.29. The van der Waals surface area contributed by atoms with E-state index in [1.54, 1.807) is 12.1 Å². The van der Waals surface area contributed by atoms with Crippen molar-refractivity contribution in [1.82, 2.24) is 4.31 Å². The second kappa shape index (κ2) is 6.25. The van der Waals surface area contributed by atoms with Gasteiger partial charge in [0.2, 0.25) is 10.0 Å². The average Bonchev–Trinajstić information content (AvgIpc) is 2.31. The first-order valence-electron chi connectivity index (χ1n) is 6.38. The summed E-state index contributed by atoms with van der Waals surface area (Å²) < 4.78 is 32.1. The Balaban J connectivity index is 3.37. The maximum absolute atomic E-state index is 12.6. The van der Waals surface area contributed by atoms with E-state index in [-0.39, 0.29) is 10.9 Å². The first kappa shape index (κ1) is 15.8. The number of nitrogens with zero attached hydrogens (tertiary/aromatic N) is 1. The SMILES string of the molecule is CCOc1ccc(N)cc1S(=O)(=O)N(CC)C(C)C. The van der Waals surface area contributed by atoms with Crippen LogP contribution in [0.15, 0.2) is 23.1 Å². The van der Waals surface area contributed by atoms with Crippen molar-refractivity contribution in [2.75, 3.05) is 18.9 Å². The van der Waals surface area contributed by atoms with E-state index in [0.717, 1.165) is 0 Å². The van der Waals surface area contributed by atoms with E-state index >= 15 is 0 Å². The van der Waals surface area contributed by atoms with E-state index in [9.17, 15) is 8.42 Å². The molecular weight excluding hydrogens is 264 g/mol. The molecule has 19 heavy (non-hydrogen) atoms. The Morgan fingerprint density at radius 3 is 2.42 bits per heavy atom. The summed E-state index contributed by atoms with van der Waals surface area (Å²) in [5.74, 6) is 0.343. The predicted octanol–water partition coefficient (Wildman–Crippen LogP) is 2.09. The lowest BCUT2D eigenvalue weighted by molar-refractivity contribution is 0.326. The normalized spacial score (nSPS) is 12.1. The van der Waals surface area contributed by atoms with Crippen LogP contribution in [0.5, 0.6) is 5.75 Å². The van der Waals surface area contributed by atoms with Gasteiger partial charge in [0.25, 0.3) is 0 Å². The van der Waals surface area contributed by atoms with Gasteiger partial charge >= 0.3 is 0 Å². The number of benzene rings is 1. The van der Waals surface area contributed by atoms with Gasteiger partial charge in [0.05, 0.1) is 6.61 Å². The Kier molecular flexibility index (Phi) is 5.20. The molecule has 0 bridgehead atoms. The Bertz CT molecular complexity index is 527. The van der Waals surface area contributed by atoms with Crippen molar-refractivity contribution in [3.8, 4) is 5.75 Å². The highest BCUT2D eigenvalue weighted by molar-refractivity contribution is 7.89. The summed E-state index contributed by atoms with van der Waals surface area (Å²) in [4.78, 5) is 0.130. The zero-order valence-electron chi connectivity index (χ0n) is 11.9. The topological polar surface area (TPSA) is 72.6 Å². The lowest BCUT2D eigenvalue weighted by Crippen LogP contribution is -2.36. The van der Waals surface area contributed by atoms with Gasteiger partial charge in [-0.2, -0.15) is 4.31 Å². The van der Waals surface area contributed by atoms with Gasteiger partial charge in [-0.05, 0) is 39.0 Å². The summed E-state index contributed by atoms with van der Waals surface area (Å²) in [6, 6.07) is 4.56. The first-order valence-corrected chi connectivity index (χ1v) is 7.82. The second-order valence-electron chi connectivity index (χ2n) is 4.44. The van der Waals surface area contributed by atoms with Gasteiger partial charge in [0.15, 0.2) is 0 Å². The summed E-state index contributed by atoms with van der Waals surface area (Å²) in [6.45, 7) is 8.11. The fraction of sp³-hybridized carbons (Fsp3) is 0.538. The van der Waals surface area contributed by atoms with Gasteiger partial charge in [-0.15, -0.1) is 0 Å². The second-order valence-corrected chi connectivity index (χ2v) is 6.30. The molecule has 0 spiro atoms. The van der Waals surface area contributed by atoms with Crippen LogP contribution < -0.4 is 10.5 Å². The van der Waals surface area contributed by atoms with Crippen molar-refractivity contribution in [3.63, 3.8) is 0 Å². The van der Waals surface area contributed by atoms with Gasteiger partial charge in [-0.25, -0.2) is 8.42 Å². The molecule has 0 saturated carbocycles. The van der Waals surface area contributed by atoms with Crippen LogP contribution in [0, 0.1) is 0 Å². The maximum Gasteiger partial charge on any atom is 0.247 e. The molecule has 0 unspecified atom stereocenters. The van der Waals surface area contributed by atoms with Crippen molar-refractivity contribution < 1.29 is 13.2 Å². The molecule has 0 fully saturated rings. The van der Waals surface area contributed by atoms with Crippen LogP contribution in [0.3, 0.4) is 0 Å². The van der Waals surface area contributed by atoms with Crippen molar-refractivity contribution in [2.24, 2.45) is 0 Å². The van der Waals surface area contributed by atoms with Crippen LogP contribution in [0.1, 0.15) is 27.7 Å². The molecule has 0 aliphatic rings. The van der Waals surface area contributed by atoms with Crippen LogP contribution in [0.2, 0.25) is 0 Å². The Morgan fingerprint density at radius 1 is 1.32 bits per heavy atom. The number of nitrogen functional groups attached to an aromatic ring is 1. The zero-order valence-corrected chi connectivity index (χ0v) is 12.7. The van der Waals surface area contributed by atoms with Crippen LogP contribution in [0.25, 0.3) is 0 Å². The van der Waals surface area contributed by atoms with E-state index in [1.807, 2.05) is 27.7 Å². The number of rotatable bonds is 6. The lowest BCUT2D eigenvalue weighted by Gasteiger charge is -2.25. The summed E-state index contributed by atoms with van der Waals surface area (Å²) >= 11 is 0. The highest BCUT2D eigenvalue weighted by atomic mass is 32.2. The third-order valence-corrected chi connectivity index (χ3v) is 4.91. The van der Waals surface area contributed by atoms with Crippen molar-refractivity contribution in [3.05, 3.63) is 18.2 Å². The fourth-order valence-electron chi connectivity index (χ4n) is 1.94. The van der Waals surface area contributed by atoms with E-state index in [1.165, 1.54) is 10.4 Å². The monoisotopic (exact) mass is 286 g/mol. The summed E-state index contributed by atoms with van der Waals surface area (Å²) in [5.41, 5.74) is 6.10. The van der Waals surface area contributed by atoms with E-state index in [0.29, 0.717) is 24.6 Å². The van der Waals surface area contributed by atoms with E-state index in [2.05, 4.69) is 0 Å². The highest BCUT2D eigenvalue weighted by Gasteiger charge is 2.28. The minimum absolute atomic E-state index is 0.120. The van der Waals surface area contributed by atoms with Crippen molar-refractivity contribution >= 4 is 15.7 Å². The maximum atomic E-state index is 12.6. The smallest absolute Gasteiger partial charge is 0.247 e. The standard InChI is InChI=1S/C13H22N2O3S/c1-5-15(10(3)4)19(16,17)13-9-11(14)7-8-12(13)18-6-2/h7-10H,5-6,14H2,1-4H3. The van der Waals surface area contributed by atoms with Gasteiger partial charge in [-0.3, -0.25) is 0 Å². The third-order valence-electron chi connectivity index (χ3n) is 2.74. The Hall–Kier alpha value is -1.27. The summed E-state index contributed by atoms with van der Waals surface area (Å²) in [7, 11) is -3.60.